The molecule has 2 aromatic heterocycles. The standard InChI is InChI=1S/C19H20N2O2S/c1-19(2,3)15-11-18(23)21-16-9-12(6-7-14(15)16)20-17(22)10-13-5-4-8-24-13/h4-9,11H,10H2,1-3H3,(H,20,22)(H,21,23). The summed E-state index contributed by atoms with van der Waals surface area (Å²) in [5, 5.41) is 5.85. The summed E-state index contributed by atoms with van der Waals surface area (Å²) in [6, 6.07) is 11.2. The minimum atomic E-state index is -0.130. The summed E-state index contributed by atoms with van der Waals surface area (Å²) in [6.07, 6.45) is 0.355. The highest BCUT2D eigenvalue weighted by Gasteiger charge is 2.18. The monoisotopic (exact) mass is 340 g/mol. The molecule has 0 atom stereocenters. The van der Waals surface area contributed by atoms with Gasteiger partial charge in [-0.15, -0.1) is 11.3 Å². The highest BCUT2D eigenvalue weighted by atomic mass is 32.1. The summed E-state index contributed by atoms with van der Waals surface area (Å²) >= 11 is 1.56. The lowest BCUT2D eigenvalue weighted by Gasteiger charge is -2.21. The fourth-order valence-electron chi connectivity index (χ4n) is 2.74. The molecule has 124 valence electrons. The molecule has 3 rings (SSSR count). The molecule has 5 heteroatoms. The van der Waals surface area contributed by atoms with Crippen molar-refractivity contribution >= 4 is 33.8 Å². The van der Waals surface area contributed by atoms with Crippen molar-refractivity contribution in [1.29, 1.82) is 0 Å². The summed E-state index contributed by atoms with van der Waals surface area (Å²) < 4.78 is 0. The third kappa shape index (κ3) is 3.57. The van der Waals surface area contributed by atoms with Crippen molar-refractivity contribution in [2.75, 3.05) is 5.32 Å². The van der Waals surface area contributed by atoms with Crippen LogP contribution in [-0.2, 0) is 16.6 Å². The van der Waals surface area contributed by atoms with Crippen LogP contribution in [0, 0.1) is 0 Å². The van der Waals surface area contributed by atoms with Crippen LogP contribution in [-0.4, -0.2) is 10.9 Å². The van der Waals surface area contributed by atoms with E-state index in [1.807, 2.05) is 35.7 Å². The minimum absolute atomic E-state index is 0.0638. The number of thiophene rings is 1. The predicted octanol–water partition coefficient (Wildman–Crippen LogP) is 4.07. The predicted molar refractivity (Wildman–Crippen MR) is 99.9 cm³/mol. The average Bonchev–Trinajstić information content (AvgIpc) is 2.97. The smallest absolute Gasteiger partial charge is 0.248 e. The third-order valence-electron chi connectivity index (χ3n) is 3.85. The highest BCUT2D eigenvalue weighted by Crippen LogP contribution is 2.29. The van der Waals surface area contributed by atoms with E-state index in [-0.39, 0.29) is 16.9 Å². The van der Waals surface area contributed by atoms with Gasteiger partial charge in [0, 0.05) is 22.0 Å². The molecule has 0 saturated carbocycles. The molecule has 2 N–H and O–H groups in total. The van der Waals surface area contributed by atoms with Crippen LogP contribution in [0.25, 0.3) is 10.9 Å². The van der Waals surface area contributed by atoms with Crippen LogP contribution < -0.4 is 10.9 Å². The summed E-state index contributed by atoms with van der Waals surface area (Å²) in [4.78, 5) is 28.0. The maximum absolute atomic E-state index is 12.1. The van der Waals surface area contributed by atoms with Gasteiger partial charge in [-0.2, -0.15) is 0 Å². The molecular weight excluding hydrogens is 320 g/mol. The van der Waals surface area contributed by atoms with Gasteiger partial charge < -0.3 is 10.3 Å². The van der Waals surface area contributed by atoms with E-state index in [2.05, 4.69) is 31.1 Å². The van der Waals surface area contributed by atoms with Gasteiger partial charge in [0.1, 0.15) is 0 Å². The van der Waals surface area contributed by atoms with Crippen LogP contribution in [0.4, 0.5) is 5.69 Å². The van der Waals surface area contributed by atoms with Crippen molar-refractivity contribution < 1.29 is 4.79 Å². The Bertz CT molecular complexity index is 934. The quantitative estimate of drug-likeness (QED) is 0.755. The number of anilines is 1. The Morgan fingerprint density at radius 3 is 2.67 bits per heavy atom. The first kappa shape index (κ1) is 16.5. The van der Waals surface area contributed by atoms with E-state index in [4.69, 9.17) is 0 Å². The SMILES string of the molecule is CC(C)(C)c1cc(=O)[nH]c2cc(NC(=O)Cc3cccs3)ccc12. The van der Waals surface area contributed by atoms with Gasteiger partial charge in [-0.1, -0.05) is 32.9 Å². The first-order chi connectivity index (χ1) is 11.3. The summed E-state index contributed by atoms with van der Waals surface area (Å²) in [5.41, 5.74) is 2.16. The van der Waals surface area contributed by atoms with Gasteiger partial charge >= 0.3 is 0 Å². The molecule has 2 heterocycles. The van der Waals surface area contributed by atoms with Crippen LogP contribution in [0.1, 0.15) is 31.2 Å². The van der Waals surface area contributed by atoms with Gasteiger partial charge in [-0.05, 0) is 34.6 Å². The molecule has 0 aliphatic heterocycles. The zero-order valence-electron chi connectivity index (χ0n) is 14.0. The van der Waals surface area contributed by atoms with E-state index in [1.165, 1.54) is 0 Å². The summed E-state index contributed by atoms with van der Waals surface area (Å²) in [5.74, 6) is -0.0638. The zero-order chi connectivity index (χ0) is 17.3. The highest BCUT2D eigenvalue weighted by molar-refractivity contribution is 7.10. The van der Waals surface area contributed by atoms with E-state index in [1.54, 1.807) is 17.4 Å². The number of amides is 1. The second-order valence-corrected chi connectivity index (χ2v) is 7.89. The van der Waals surface area contributed by atoms with Gasteiger partial charge in [-0.25, -0.2) is 0 Å². The number of carbonyl (C=O) groups excluding carboxylic acids is 1. The fourth-order valence-corrected chi connectivity index (χ4v) is 3.44. The van der Waals surface area contributed by atoms with Crippen molar-refractivity contribution in [3.05, 3.63) is 62.6 Å². The van der Waals surface area contributed by atoms with E-state index in [0.29, 0.717) is 12.1 Å². The van der Waals surface area contributed by atoms with E-state index < -0.39 is 0 Å². The van der Waals surface area contributed by atoms with E-state index in [9.17, 15) is 9.59 Å². The number of aromatic nitrogens is 1. The number of rotatable bonds is 3. The number of pyridine rings is 1. The van der Waals surface area contributed by atoms with Crippen LogP contribution in [0.2, 0.25) is 0 Å². The van der Waals surface area contributed by atoms with Crippen molar-refractivity contribution in [1.82, 2.24) is 4.98 Å². The number of hydrogen-bond acceptors (Lipinski definition) is 3. The minimum Gasteiger partial charge on any atom is -0.326 e. The Morgan fingerprint density at radius 1 is 1.21 bits per heavy atom. The number of aromatic amines is 1. The molecule has 0 aliphatic rings. The first-order valence-corrected chi connectivity index (χ1v) is 8.71. The number of nitrogens with one attached hydrogen (secondary N) is 2. The second kappa shape index (κ2) is 6.24. The van der Waals surface area contributed by atoms with Gasteiger partial charge in [-0.3, -0.25) is 9.59 Å². The van der Waals surface area contributed by atoms with Crippen LogP contribution in [0.5, 0.6) is 0 Å². The molecular formula is C19H20N2O2S. The summed E-state index contributed by atoms with van der Waals surface area (Å²) in [7, 11) is 0. The number of H-pyrrole nitrogens is 1. The maximum atomic E-state index is 12.1. The molecule has 4 nitrogen and oxygen atoms in total. The van der Waals surface area contributed by atoms with Gasteiger partial charge in [0.15, 0.2) is 0 Å². The molecule has 0 radical (unpaired) electrons. The number of carbonyl (C=O) groups is 1. The van der Waals surface area contributed by atoms with Gasteiger partial charge in [0.2, 0.25) is 11.5 Å². The Morgan fingerprint density at radius 2 is 2.00 bits per heavy atom. The molecule has 0 aliphatic carbocycles. The molecule has 0 saturated heterocycles. The Hall–Kier alpha value is -2.40. The van der Waals surface area contributed by atoms with E-state index in [0.717, 1.165) is 21.3 Å². The van der Waals surface area contributed by atoms with Crippen molar-refractivity contribution in [2.45, 2.75) is 32.6 Å². The normalized spacial score (nSPS) is 11.6. The molecule has 3 aromatic rings. The van der Waals surface area contributed by atoms with Crippen molar-refractivity contribution in [3.63, 3.8) is 0 Å². The zero-order valence-corrected chi connectivity index (χ0v) is 14.8. The lowest BCUT2D eigenvalue weighted by molar-refractivity contribution is -0.115. The lowest BCUT2D eigenvalue weighted by atomic mass is 9.85. The Kier molecular flexibility index (Phi) is 4.28. The Labute approximate surface area is 144 Å². The first-order valence-electron chi connectivity index (χ1n) is 7.83. The molecule has 1 aromatic carbocycles. The molecule has 0 bridgehead atoms. The van der Waals surface area contributed by atoms with E-state index >= 15 is 0 Å². The number of fused-ring (bicyclic) bond motifs is 1. The van der Waals surface area contributed by atoms with Gasteiger partial charge in [0.05, 0.1) is 11.9 Å². The van der Waals surface area contributed by atoms with Gasteiger partial charge in [0.25, 0.3) is 0 Å². The Balaban J connectivity index is 1.91. The number of benzene rings is 1. The van der Waals surface area contributed by atoms with Crippen LogP contribution >= 0.6 is 11.3 Å². The average molecular weight is 340 g/mol. The fraction of sp³-hybridized carbons (Fsp3) is 0.263. The van der Waals surface area contributed by atoms with Crippen molar-refractivity contribution in [2.24, 2.45) is 0 Å². The third-order valence-corrected chi connectivity index (χ3v) is 4.73. The maximum Gasteiger partial charge on any atom is 0.248 e. The second-order valence-electron chi connectivity index (χ2n) is 6.86. The largest absolute Gasteiger partial charge is 0.326 e. The molecule has 0 unspecified atom stereocenters. The molecule has 0 fully saturated rings. The van der Waals surface area contributed by atoms with Crippen LogP contribution in [0.3, 0.4) is 0 Å². The van der Waals surface area contributed by atoms with Crippen LogP contribution in [0.15, 0.2) is 46.6 Å². The number of hydrogen-bond donors (Lipinski definition) is 2. The molecule has 0 spiro atoms. The molecule has 24 heavy (non-hydrogen) atoms. The summed E-state index contributed by atoms with van der Waals surface area (Å²) in [6.45, 7) is 6.24. The topological polar surface area (TPSA) is 62.0 Å². The lowest BCUT2D eigenvalue weighted by Crippen LogP contribution is -2.18. The van der Waals surface area contributed by atoms with Crippen molar-refractivity contribution in [3.8, 4) is 0 Å². The molecule has 1 amide bonds.